The Kier molecular flexibility index (Phi) is 3.11. The monoisotopic (exact) mass is 249 g/mol. The van der Waals surface area contributed by atoms with Crippen LogP contribution in [0.5, 0.6) is 0 Å². The maximum atomic E-state index is 4.45. The van der Waals surface area contributed by atoms with E-state index in [9.17, 15) is 0 Å². The maximum Gasteiger partial charge on any atom is 0.0933 e. The van der Waals surface area contributed by atoms with Gasteiger partial charge in [-0.1, -0.05) is 24.3 Å². The van der Waals surface area contributed by atoms with Gasteiger partial charge >= 0.3 is 0 Å². The number of aromatic nitrogens is 2. The lowest BCUT2D eigenvalue weighted by atomic mass is 10.1. The summed E-state index contributed by atoms with van der Waals surface area (Å²) in [5.41, 5.74) is 3.21. The number of nitrogens with zero attached hydrogens (tertiary/aromatic N) is 2. The third-order valence-corrected chi connectivity index (χ3v) is 3.19. The predicted octanol–water partition coefficient (Wildman–Crippen LogP) is 3.80. The molecule has 0 radical (unpaired) electrons. The highest BCUT2D eigenvalue weighted by atomic mass is 14.9. The number of rotatable bonds is 3. The fraction of sp³-hybridized carbons (Fsp3) is 0.125. The molecule has 0 amide bonds. The third-order valence-electron chi connectivity index (χ3n) is 3.19. The SMILES string of the molecule is CC(Nc1cccc2cccnc12)c1cccnc1. The van der Waals surface area contributed by atoms with E-state index in [1.54, 1.807) is 6.20 Å². The van der Waals surface area contributed by atoms with Crippen LogP contribution in [0.4, 0.5) is 5.69 Å². The van der Waals surface area contributed by atoms with Gasteiger partial charge in [0.15, 0.2) is 0 Å². The lowest BCUT2D eigenvalue weighted by Crippen LogP contribution is -2.07. The number of pyridine rings is 2. The standard InChI is InChI=1S/C16H15N3/c1-12(14-7-3-9-17-11-14)19-15-8-2-5-13-6-4-10-18-16(13)15/h2-12,19H,1H3. The fourth-order valence-corrected chi connectivity index (χ4v) is 2.17. The number of para-hydroxylation sites is 1. The summed E-state index contributed by atoms with van der Waals surface area (Å²) in [4.78, 5) is 8.60. The molecule has 0 aliphatic carbocycles. The minimum atomic E-state index is 0.196. The summed E-state index contributed by atoms with van der Waals surface area (Å²) in [5, 5.41) is 4.64. The molecule has 0 saturated carbocycles. The van der Waals surface area contributed by atoms with Crippen molar-refractivity contribution in [1.29, 1.82) is 0 Å². The largest absolute Gasteiger partial charge is 0.377 e. The molecule has 0 fully saturated rings. The van der Waals surface area contributed by atoms with E-state index in [2.05, 4.69) is 46.5 Å². The second-order valence-electron chi connectivity index (χ2n) is 4.53. The van der Waals surface area contributed by atoms with Crippen LogP contribution >= 0.6 is 0 Å². The first-order valence-corrected chi connectivity index (χ1v) is 6.35. The summed E-state index contributed by atoms with van der Waals surface area (Å²) in [6, 6.07) is 14.4. The van der Waals surface area contributed by atoms with Gasteiger partial charge in [-0.2, -0.15) is 0 Å². The Labute approximate surface area is 112 Å². The molecule has 2 aromatic heterocycles. The molecule has 3 rings (SSSR count). The van der Waals surface area contributed by atoms with E-state index >= 15 is 0 Å². The van der Waals surface area contributed by atoms with Gasteiger partial charge in [0.05, 0.1) is 17.2 Å². The third kappa shape index (κ3) is 2.40. The van der Waals surface area contributed by atoms with Crippen LogP contribution in [0.1, 0.15) is 18.5 Å². The number of benzene rings is 1. The van der Waals surface area contributed by atoms with Crippen molar-refractivity contribution in [3.63, 3.8) is 0 Å². The Morgan fingerprint density at radius 1 is 1.00 bits per heavy atom. The number of anilines is 1. The van der Waals surface area contributed by atoms with Crippen LogP contribution in [-0.4, -0.2) is 9.97 Å². The molecule has 0 bridgehead atoms. The molecular formula is C16H15N3. The van der Waals surface area contributed by atoms with Gasteiger partial charge in [0, 0.05) is 24.0 Å². The molecule has 3 nitrogen and oxygen atoms in total. The van der Waals surface area contributed by atoms with Crippen molar-refractivity contribution in [2.24, 2.45) is 0 Å². The van der Waals surface area contributed by atoms with Crippen molar-refractivity contribution in [2.75, 3.05) is 5.32 Å². The molecule has 2 heterocycles. The van der Waals surface area contributed by atoms with Gasteiger partial charge in [-0.05, 0) is 30.7 Å². The molecule has 94 valence electrons. The smallest absolute Gasteiger partial charge is 0.0933 e. The molecule has 0 aliphatic rings. The molecule has 3 heteroatoms. The Morgan fingerprint density at radius 3 is 2.68 bits per heavy atom. The highest BCUT2D eigenvalue weighted by Gasteiger charge is 2.07. The molecule has 0 spiro atoms. The van der Waals surface area contributed by atoms with Crippen LogP contribution < -0.4 is 5.32 Å². The lowest BCUT2D eigenvalue weighted by molar-refractivity contribution is 0.877. The number of fused-ring (bicyclic) bond motifs is 1. The Balaban J connectivity index is 1.94. The van der Waals surface area contributed by atoms with Crippen molar-refractivity contribution in [2.45, 2.75) is 13.0 Å². The zero-order chi connectivity index (χ0) is 13.1. The van der Waals surface area contributed by atoms with E-state index in [0.29, 0.717) is 0 Å². The molecule has 19 heavy (non-hydrogen) atoms. The van der Waals surface area contributed by atoms with E-state index in [1.807, 2.05) is 30.6 Å². The quantitative estimate of drug-likeness (QED) is 0.767. The molecule has 0 saturated heterocycles. The van der Waals surface area contributed by atoms with Gasteiger partial charge in [0.1, 0.15) is 0 Å². The molecule has 0 aliphatic heterocycles. The van der Waals surface area contributed by atoms with Crippen LogP contribution in [0.3, 0.4) is 0 Å². The maximum absolute atomic E-state index is 4.45. The average Bonchev–Trinajstić information content (AvgIpc) is 2.48. The predicted molar refractivity (Wildman–Crippen MR) is 78.0 cm³/mol. The van der Waals surface area contributed by atoms with Crippen molar-refractivity contribution < 1.29 is 0 Å². The van der Waals surface area contributed by atoms with Crippen molar-refractivity contribution >= 4 is 16.6 Å². The number of hydrogen-bond donors (Lipinski definition) is 1. The van der Waals surface area contributed by atoms with Gasteiger partial charge in [-0.15, -0.1) is 0 Å². The van der Waals surface area contributed by atoms with Gasteiger partial charge < -0.3 is 5.32 Å². The topological polar surface area (TPSA) is 37.8 Å². The first kappa shape index (κ1) is 11.7. The van der Waals surface area contributed by atoms with Gasteiger partial charge in [0.25, 0.3) is 0 Å². The van der Waals surface area contributed by atoms with Crippen molar-refractivity contribution in [3.8, 4) is 0 Å². The van der Waals surface area contributed by atoms with Crippen LogP contribution in [0.2, 0.25) is 0 Å². The molecule has 1 unspecified atom stereocenters. The molecular weight excluding hydrogens is 234 g/mol. The summed E-state index contributed by atoms with van der Waals surface area (Å²) in [7, 11) is 0. The second kappa shape index (κ2) is 5.06. The van der Waals surface area contributed by atoms with E-state index in [-0.39, 0.29) is 6.04 Å². The first-order chi connectivity index (χ1) is 9.34. The lowest BCUT2D eigenvalue weighted by Gasteiger charge is -2.16. The van der Waals surface area contributed by atoms with Crippen LogP contribution in [0, 0.1) is 0 Å². The van der Waals surface area contributed by atoms with Crippen molar-refractivity contribution in [3.05, 3.63) is 66.6 Å². The molecule has 1 N–H and O–H groups in total. The minimum Gasteiger partial charge on any atom is -0.377 e. The van der Waals surface area contributed by atoms with Gasteiger partial charge in [-0.3, -0.25) is 9.97 Å². The summed E-state index contributed by atoms with van der Waals surface area (Å²) >= 11 is 0. The minimum absolute atomic E-state index is 0.196. The van der Waals surface area contributed by atoms with Gasteiger partial charge in [-0.25, -0.2) is 0 Å². The van der Waals surface area contributed by atoms with E-state index in [0.717, 1.165) is 22.2 Å². The second-order valence-corrected chi connectivity index (χ2v) is 4.53. The normalized spacial score (nSPS) is 12.3. The Hall–Kier alpha value is -2.42. The molecule has 3 aromatic rings. The van der Waals surface area contributed by atoms with Crippen LogP contribution in [0.25, 0.3) is 10.9 Å². The highest BCUT2D eigenvalue weighted by Crippen LogP contribution is 2.24. The number of hydrogen-bond acceptors (Lipinski definition) is 3. The molecule has 1 atom stereocenters. The summed E-state index contributed by atoms with van der Waals surface area (Å²) in [5.74, 6) is 0. The highest BCUT2D eigenvalue weighted by molar-refractivity contribution is 5.90. The fourth-order valence-electron chi connectivity index (χ4n) is 2.17. The van der Waals surface area contributed by atoms with E-state index in [4.69, 9.17) is 0 Å². The average molecular weight is 249 g/mol. The zero-order valence-electron chi connectivity index (χ0n) is 10.7. The Morgan fingerprint density at radius 2 is 1.84 bits per heavy atom. The summed E-state index contributed by atoms with van der Waals surface area (Å²) in [6.45, 7) is 2.12. The van der Waals surface area contributed by atoms with E-state index < -0.39 is 0 Å². The molecule has 1 aromatic carbocycles. The first-order valence-electron chi connectivity index (χ1n) is 6.35. The van der Waals surface area contributed by atoms with Crippen LogP contribution in [-0.2, 0) is 0 Å². The summed E-state index contributed by atoms with van der Waals surface area (Å²) < 4.78 is 0. The van der Waals surface area contributed by atoms with E-state index in [1.165, 1.54) is 0 Å². The van der Waals surface area contributed by atoms with Gasteiger partial charge in [0.2, 0.25) is 0 Å². The summed E-state index contributed by atoms with van der Waals surface area (Å²) in [6.07, 6.45) is 5.49. The van der Waals surface area contributed by atoms with Crippen LogP contribution in [0.15, 0.2) is 61.1 Å². The zero-order valence-corrected chi connectivity index (χ0v) is 10.7. The number of nitrogens with one attached hydrogen (secondary N) is 1. The Bertz CT molecular complexity index is 674. The van der Waals surface area contributed by atoms with Crippen molar-refractivity contribution in [1.82, 2.24) is 9.97 Å².